The Balaban J connectivity index is 1.95. The summed E-state index contributed by atoms with van der Waals surface area (Å²) in [6.07, 6.45) is -4.60. The lowest BCUT2D eigenvalue weighted by molar-refractivity contribution is -0.138. The molecule has 0 fully saturated rings. The Bertz CT molecular complexity index is 1180. The van der Waals surface area contributed by atoms with Gasteiger partial charge in [0.25, 0.3) is 11.8 Å². The number of nitrogens with one attached hydrogen (secondary N) is 1. The number of halogens is 3. The Morgan fingerprint density at radius 2 is 1.38 bits per heavy atom. The molecule has 0 amide bonds. The molecule has 0 unspecified atom stereocenters. The summed E-state index contributed by atoms with van der Waals surface area (Å²) in [6.45, 7) is 3.59. The van der Waals surface area contributed by atoms with Gasteiger partial charge in [0.15, 0.2) is 0 Å². The normalized spacial score (nSPS) is 15.3. The van der Waals surface area contributed by atoms with Gasteiger partial charge in [0.1, 0.15) is 13.2 Å². The number of benzene rings is 1. The second-order valence-corrected chi connectivity index (χ2v) is 7.61. The fraction of sp³-hybridized carbons (Fsp3) is 0.364. The topological polar surface area (TPSA) is 108 Å². The maximum atomic E-state index is 14.1. The van der Waals surface area contributed by atoms with E-state index in [0.29, 0.717) is 22.5 Å². The molecule has 0 saturated carbocycles. The fourth-order valence-corrected chi connectivity index (χ4v) is 4.00. The van der Waals surface area contributed by atoms with Crippen LogP contribution in [-0.2, 0) is 28.9 Å². The molecule has 1 aromatic carbocycles. The van der Waals surface area contributed by atoms with Crippen LogP contribution in [0.4, 0.5) is 13.2 Å². The van der Waals surface area contributed by atoms with Gasteiger partial charge in [-0.05, 0) is 25.5 Å². The van der Waals surface area contributed by atoms with E-state index in [1.807, 2.05) is 0 Å². The third-order valence-electron chi connectivity index (χ3n) is 5.29. The Kier molecular flexibility index (Phi) is 6.53. The molecule has 0 bridgehead atoms. The van der Waals surface area contributed by atoms with Crippen molar-refractivity contribution in [3.63, 3.8) is 0 Å². The largest absolute Gasteiger partial charge is 0.416 e. The minimum Gasteiger partial charge on any atom is -0.375 e. The summed E-state index contributed by atoms with van der Waals surface area (Å²) in [5.74, 6) is -0.333. The first-order chi connectivity index (χ1) is 16.2. The van der Waals surface area contributed by atoms with Crippen LogP contribution in [0, 0.1) is 0 Å². The fourth-order valence-electron chi connectivity index (χ4n) is 4.00. The maximum absolute atomic E-state index is 14.1. The molecule has 34 heavy (non-hydrogen) atoms. The van der Waals surface area contributed by atoms with Gasteiger partial charge in [-0.3, -0.25) is 0 Å². The molecule has 0 spiro atoms. The van der Waals surface area contributed by atoms with E-state index in [1.165, 1.54) is 26.4 Å². The van der Waals surface area contributed by atoms with E-state index < -0.39 is 17.7 Å². The second-order valence-electron chi connectivity index (χ2n) is 7.61. The average molecular weight is 477 g/mol. The molecule has 180 valence electrons. The van der Waals surface area contributed by atoms with Gasteiger partial charge in [-0.15, -0.1) is 0 Å². The minimum atomic E-state index is -4.60. The van der Waals surface area contributed by atoms with Crippen LogP contribution in [0.2, 0.25) is 0 Å². The van der Waals surface area contributed by atoms with Crippen LogP contribution in [0.15, 0.2) is 44.7 Å². The number of hydrogen-bond donors (Lipinski definition) is 1. The third-order valence-corrected chi connectivity index (χ3v) is 5.29. The molecule has 12 heteroatoms. The first-order valence-corrected chi connectivity index (χ1v) is 10.2. The molecule has 3 aromatic rings. The molecule has 9 nitrogen and oxygen atoms in total. The number of aromatic nitrogens is 4. The molecule has 0 saturated heterocycles. The number of nitrogens with zero attached hydrogens (tertiary/aromatic N) is 4. The van der Waals surface area contributed by atoms with E-state index in [1.54, 1.807) is 19.9 Å². The van der Waals surface area contributed by atoms with Gasteiger partial charge in [-0.2, -0.15) is 23.1 Å². The standard InChI is InChI=1S/C22H22F3N5O4/c1-11-17(20-27-15(9-31-3)33-29-20)19(13-7-5-6-8-14(13)22(23,24)25)18(12(2)26-11)21-28-16(10-32-4)34-30-21/h5-8,19,26H,9-10H2,1-4H3. The van der Waals surface area contributed by atoms with E-state index in [-0.39, 0.29) is 42.2 Å². The summed E-state index contributed by atoms with van der Waals surface area (Å²) >= 11 is 0. The van der Waals surface area contributed by atoms with Crippen LogP contribution in [0.25, 0.3) is 11.1 Å². The Hall–Kier alpha value is -3.51. The number of dihydropyridines is 1. The van der Waals surface area contributed by atoms with Gasteiger partial charge in [0.2, 0.25) is 11.6 Å². The summed E-state index contributed by atoms with van der Waals surface area (Å²) in [4.78, 5) is 8.68. The van der Waals surface area contributed by atoms with Crippen LogP contribution in [0.5, 0.6) is 0 Å². The zero-order chi connectivity index (χ0) is 24.5. The molecule has 1 aliphatic heterocycles. The Labute approximate surface area is 192 Å². The zero-order valence-electron chi connectivity index (χ0n) is 18.9. The zero-order valence-corrected chi connectivity index (χ0v) is 18.9. The van der Waals surface area contributed by atoms with E-state index in [4.69, 9.17) is 18.5 Å². The van der Waals surface area contributed by atoms with Crippen molar-refractivity contribution in [2.24, 2.45) is 0 Å². The summed E-state index contributed by atoms with van der Waals surface area (Å²) < 4.78 is 62.8. The second kappa shape index (κ2) is 9.39. The maximum Gasteiger partial charge on any atom is 0.416 e. The number of rotatable bonds is 7. The van der Waals surface area contributed by atoms with Crippen LogP contribution in [-0.4, -0.2) is 34.5 Å². The molecule has 2 aromatic heterocycles. The lowest BCUT2D eigenvalue weighted by Crippen LogP contribution is -2.26. The smallest absolute Gasteiger partial charge is 0.375 e. The van der Waals surface area contributed by atoms with Crippen LogP contribution < -0.4 is 5.32 Å². The van der Waals surface area contributed by atoms with Crippen molar-refractivity contribution < 1.29 is 31.7 Å². The summed E-state index contributed by atoms with van der Waals surface area (Å²) in [5, 5.41) is 11.2. The predicted molar refractivity (Wildman–Crippen MR) is 113 cm³/mol. The van der Waals surface area contributed by atoms with Crippen LogP contribution in [0.3, 0.4) is 0 Å². The van der Waals surface area contributed by atoms with Crippen molar-refractivity contribution in [1.29, 1.82) is 0 Å². The Morgan fingerprint density at radius 1 is 0.882 bits per heavy atom. The lowest BCUT2D eigenvalue weighted by Gasteiger charge is -2.31. The number of alkyl halides is 3. The van der Waals surface area contributed by atoms with Crippen LogP contribution >= 0.6 is 0 Å². The Morgan fingerprint density at radius 3 is 1.85 bits per heavy atom. The molecule has 4 rings (SSSR count). The molecule has 3 heterocycles. The van der Waals surface area contributed by atoms with Crippen molar-refractivity contribution in [2.75, 3.05) is 14.2 Å². The average Bonchev–Trinajstić information content (AvgIpc) is 3.43. The molecule has 0 atom stereocenters. The van der Waals surface area contributed by atoms with Gasteiger partial charge in [0.05, 0.1) is 5.56 Å². The first-order valence-electron chi connectivity index (χ1n) is 10.2. The van der Waals surface area contributed by atoms with Gasteiger partial charge >= 0.3 is 6.18 Å². The highest BCUT2D eigenvalue weighted by Gasteiger charge is 2.41. The minimum absolute atomic E-state index is 0.00335. The van der Waals surface area contributed by atoms with Gasteiger partial charge in [-0.25, -0.2) is 0 Å². The van der Waals surface area contributed by atoms with E-state index >= 15 is 0 Å². The molecule has 0 aliphatic carbocycles. The highest BCUT2D eigenvalue weighted by Crippen LogP contribution is 2.49. The molecular formula is C22H22F3N5O4. The van der Waals surface area contributed by atoms with Crippen molar-refractivity contribution in [1.82, 2.24) is 25.6 Å². The van der Waals surface area contributed by atoms with Crippen molar-refractivity contribution >= 4 is 11.1 Å². The quantitative estimate of drug-likeness (QED) is 0.532. The van der Waals surface area contributed by atoms with Gasteiger partial charge < -0.3 is 23.8 Å². The van der Waals surface area contributed by atoms with E-state index in [0.717, 1.165) is 6.07 Å². The lowest BCUT2D eigenvalue weighted by atomic mass is 9.78. The van der Waals surface area contributed by atoms with Gasteiger partial charge in [0, 0.05) is 42.7 Å². The highest BCUT2D eigenvalue weighted by molar-refractivity contribution is 5.89. The van der Waals surface area contributed by atoms with Crippen LogP contribution in [0.1, 0.15) is 54.3 Å². The van der Waals surface area contributed by atoms with E-state index in [2.05, 4.69) is 25.6 Å². The number of methoxy groups -OCH3 is 2. The first kappa shape index (κ1) is 23.6. The molecular weight excluding hydrogens is 455 g/mol. The van der Waals surface area contributed by atoms with Gasteiger partial charge in [-0.1, -0.05) is 28.5 Å². The number of ether oxygens (including phenoxy) is 2. The molecule has 1 N–H and O–H groups in total. The monoisotopic (exact) mass is 477 g/mol. The SMILES string of the molecule is COCc1nc(C2=C(C)NC(C)=C(c3noc(COC)n3)C2c2ccccc2C(F)(F)F)no1. The van der Waals surface area contributed by atoms with Crippen molar-refractivity contribution in [3.05, 3.63) is 70.2 Å². The predicted octanol–water partition coefficient (Wildman–Crippen LogP) is 4.31. The molecule has 1 aliphatic rings. The number of allylic oxidation sites excluding steroid dienone is 4. The summed E-state index contributed by atoms with van der Waals surface area (Å²) in [7, 11) is 2.94. The number of hydrogen-bond acceptors (Lipinski definition) is 9. The third kappa shape index (κ3) is 4.46. The molecule has 0 radical (unpaired) electrons. The van der Waals surface area contributed by atoms with E-state index in [9.17, 15) is 13.2 Å². The highest BCUT2D eigenvalue weighted by atomic mass is 19.4. The summed E-state index contributed by atoms with van der Waals surface area (Å²) in [5.41, 5.74) is 1.11. The summed E-state index contributed by atoms with van der Waals surface area (Å²) in [6, 6.07) is 5.35. The van der Waals surface area contributed by atoms with Crippen molar-refractivity contribution in [2.45, 2.75) is 39.2 Å². The van der Waals surface area contributed by atoms with Crippen molar-refractivity contribution in [3.8, 4) is 0 Å².